The van der Waals surface area contributed by atoms with Gasteiger partial charge in [-0.1, -0.05) is 12.1 Å². The summed E-state index contributed by atoms with van der Waals surface area (Å²) in [6.45, 7) is 4.23. The molecule has 2 aromatic rings. The molecule has 0 atom stereocenters. The minimum Gasteiger partial charge on any atom is -0.486 e. The molecule has 3 nitrogen and oxygen atoms in total. The Morgan fingerprint density at radius 2 is 2.28 bits per heavy atom. The molecule has 1 aliphatic rings. The summed E-state index contributed by atoms with van der Waals surface area (Å²) in [5.74, 6) is 0.946. The number of nitrogens with zero attached hydrogens (tertiary/aromatic N) is 1. The molecule has 1 aromatic carbocycles. The zero-order valence-electron chi connectivity index (χ0n) is 10.4. The van der Waals surface area contributed by atoms with E-state index in [9.17, 15) is 0 Å². The SMILES string of the molecule is CC1(C)Cc2cccc(-c3ncc(CO)s3)c2O1. The van der Waals surface area contributed by atoms with Crippen LogP contribution in [0.3, 0.4) is 0 Å². The first-order chi connectivity index (χ1) is 8.59. The molecule has 1 aliphatic heterocycles. The molecule has 0 unspecified atom stereocenters. The molecule has 0 radical (unpaired) electrons. The lowest BCUT2D eigenvalue weighted by Crippen LogP contribution is -2.24. The Labute approximate surface area is 110 Å². The van der Waals surface area contributed by atoms with Crippen molar-refractivity contribution >= 4 is 11.3 Å². The third kappa shape index (κ3) is 1.91. The van der Waals surface area contributed by atoms with Crippen molar-refractivity contribution in [3.8, 4) is 16.3 Å². The maximum absolute atomic E-state index is 9.11. The van der Waals surface area contributed by atoms with Gasteiger partial charge in [0.25, 0.3) is 0 Å². The molecule has 94 valence electrons. The lowest BCUT2D eigenvalue weighted by molar-refractivity contribution is 0.139. The molecular formula is C14H15NO2S. The van der Waals surface area contributed by atoms with Crippen molar-refractivity contribution in [2.24, 2.45) is 0 Å². The molecular weight excluding hydrogens is 246 g/mol. The number of benzene rings is 1. The number of hydrogen-bond acceptors (Lipinski definition) is 4. The van der Waals surface area contributed by atoms with Gasteiger partial charge >= 0.3 is 0 Å². The van der Waals surface area contributed by atoms with Gasteiger partial charge in [-0.2, -0.15) is 0 Å². The summed E-state index contributed by atoms with van der Waals surface area (Å²) in [4.78, 5) is 5.24. The van der Waals surface area contributed by atoms with E-state index in [0.29, 0.717) is 0 Å². The fourth-order valence-corrected chi connectivity index (χ4v) is 3.08. The van der Waals surface area contributed by atoms with Crippen molar-refractivity contribution in [2.45, 2.75) is 32.5 Å². The molecule has 0 fully saturated rings. The molecule has 18 heavy (non-hydrogen) atoms. The number of fused-ring (bicyclic) bond motifs is 1. The predicted molar refractivity (Wildman–Crippen MR) is 71.9 cm³/mol. The van der Waals surface area contributed by atoms with Crippen LogP contribution in [0.25, 0.3) is 10.6 Å². The van der Waals surface area contributed by atoms with Crippen molar-refractivity contribution in [3.63, 3.8) is 0 Å². The number of thiazole rings is 1. The summed E-state index contributed by atoms with van der Waals surface area (Å²) in [5.41, 5.74) is 2.12. The second kappa shape index (κ2) is 4.07. The van der Waals surface area contributed by atoms with E-state index in [2.05, 4.69) is 24.9 Å². The minimum absolute atomic E-state index is 0.0407. The van der Waals surface area contributed by atoms with Gasteiger partial charge in [0.05, 0.1) is 17.0 Å². The highest BCUT2D eigenvalue weighted by Gasteiger charge is 2.32. The van der Waals surface area contributed by atoms with E-state index in [1.54, 1.807) is 6.20 Å². The summed E-state index contributed by atoms with van der Waals surface area (Å²) in [6, 6.07) is 6.17. The van der Waals surface area contributed by atoms with E-state index in [4.69, 9.17) is 9.84 Å². The van der Waals surface area contributed by atoms with E-state index in [1.807, 2.05) is 12.1 Å². The van der Waals surface area contributed by atoms with Crippen LogP contribution in [-0.2, 0) is 13.0 Å². The Hall–Kier alpha value is -1.39. The van der Waals surface area contributed by atoms with Crippen LogP contribution in [0.15, 0.2) is 24.4 Å². The van der Waals surface area contributed by atoms with E-state index >= 15 is 0 Å². The second-order valence-electron chi connectivity index (χ2n) is 5.12. The van der Waals surface area contributed by atoms with Gasteiger partial charge in [0.15, 0.2) is 0 Å². The predicted octanol–water partition coefficient (Wildman–Crippen LogP) is 3.02. The van der Waals surface area contributed by atoms with Crippen LogP contribution in [0.2, 0.25) is 0 Å². The zero-order valence-corrected chi connectivity index (χ0v) is 11.3. The van der Waals surface area contributed by atoms with Crippen LogP contribution in [0.4, 0.5) is 0 Å². The third-order valence-electron chi connectivity index (χ3n) is 3.03. The van der Waals surface area contributed by atoms with Gasteiger partial charge in [-0.15, -0.1) is 11.3 Å². The maximum Gasteiger partial charge on any atom is 0.133 e. The fraction of sp³-hybridized carbons (Fsp3) is 0.357. The minimum atomic E-state index is -0.143. The molecule has 0 aliphatic carbocycles. The standard InChI is InChI=1S/C14H15NO2S/c1-14(2)6-9-4-3-5-11(12(9)17-14)13-15-7-10(8-16)18-13/h3-5,7,16H,6,8H2,1-2H3. The van der Waals surface area contributed by atoms with Crippen LogP contribution in [0.5, 0.6) is 5.75 Å². The van der Waals surface area contributed by atoms with Gasteiger partial charge in [-0.3, -0.25) is 0 Å². The largest absolute Gasteiger partial charge is 0.486 e. The van der Waals surface area contributed by atoms with Crippen LogP contribution in [0.1, 0.15) is 24.3 Å². The van der Waals surface area contributed by atoms with E-state index < -0.39 is 0 Å². The van der Waals surface area contributed by atoms with Gasteiger partial charge < -0.3 is 9.84 Å². The Bertz CT molecular complexity index is 589. The quantitative estimate of drug-likeness (QED) is 0.903. The smallest absolute Gasteiger partial charge is 0.133 e. The summed E-state index contributed by atoms with van der Waals surface area (Å²) < 4.78 is 6.03. The highest BCUT2D eigenvalue weighted by Crippen LogP contribution is 2.43. The Morgan fingerprint density at radius 1 is 1.44 bits per heavy atom. The number of hydrogen-bond donors (Lipinski definition) is 1. The lowest BCUT2D eigenvalue weighted by atomic mass is 10.0. The van der Waals surface area contributed by atoms with Crippen molar-refractivity contribution in [1.82, 2.24) is 4.98 Å². The first-order valence-corrected chi connectivity index (χ1v) is 6.77. The van der Waals surface area contributed by atoms with Crippen LogP contribution < -0.4 is 4.74 Å². The normalized spacial score (nSPS) is 16.4. The number of rotatable bonds is 2. The number of para-hydroxylation sites is 1. The molecule has 0 amide bonds. The topological polar surface area (TPSA) is 42.4 Å². The molecule has 0 bridgehead atoms. The second-order valence-corrected chi connectivity index (χ2v) is 6.24. The molecule has 0 spiro atoms. The summed E-state index contributed by atoms with van der Waals surface area (Å²) >= 11 is 1.51. The van der Waals surface area contributed by atoms with Crippen molar-refractivity contribution in [2.75, 3.05) is 0 Å². The zero-order chi connectivity index (χ0) is 12.8. The van der Waals surface area contributed by atoms with Crippen molar-refractivity contribution in [3.05, 3.63) is 34.8 Å². The summed E-state index contributed by atoms with van der Waals surface area (Å²) in [6.07, 6.45) is 2.65. The number of aromatic nitrogens is 1. The van der Waals surface area contributed by atoms with Gasteiger partial charge in [0.2, 0.25) is 0 Å². The summed E-state index contributed by atoms with van der Waals surface area (Å²) in [7, 11) is 0. The average Bonchev–Trinajstić information content (AvgIpc) is 2.89. The number of aliphatic hydroxyl groups excluding tert-OH is 1. The number of aliphatic hydroxyl groups is 1. The molecule has 2 heterocycles. The Balaban J connectivity index is 2.07. The monoisotopic (exact) mass is 261 g/mol. The third-order valence-corrected chi connectivity index (χ3v) is 4.05. The van der Waals surface area contributed by atoms with Gasteiger partial charge in [-0.25, -0.2) is 4.98 Å². The first-order valence-electron chi connectivity index (χ1n) is 5.96. The highest BCUT2D eigenvalue weighted by atomic mass is 32.1. The first kappa shape index (κ1) is 11.7. The highest BCUT2D eigenvalue weighted by molar-refractivity contribution is 7.15. The van der Waals surface area contributed by atoms with Crippen molar-refractivity contribution in [1.29, 1.82) is 0 Å². The van der Waals surface area contributed by atoms with Gasteiger partial charge in [0.1, 0.15) is 16.4 Å². The molecule has 0 saturated heterocycles. The fourth-order valence-electron chi connectivity index (χ4n) is 2.29. The molecule has 1 aromatic heterocycles. The van der Waals surface area contributed by atoms with E-state index in [1.165, 1.54) is 16.9 Å². The van der Waals surface area contributed by atoms with E-state index in [-0.39, 0.29) is 12.2 Å². The van der Waals surface area contributed by atoms with E-state index in [0.717, 1.165) is 27.6 Å². The Kier molecular flexibility index (Phi) is 2.64. The van der Waals surface area contributed by atoms with Gasteiger partial charge in [0, 0.05) is 12.6 Å². The van der Waals surface area contributed by atoms with Crippen LogP contribution in [-0.4, -0.2) is 15.7 Å². The lowest BCUT2D eigenvalue weighted by Gasteiger charge is -2.17. The molecule has 4 heteroatoms. The van der Waals surface area contributed by atoms with Gasteiger partial charge in [-0.05, 0) is 25.5 Å². The summed E-state index contributed by atoms with van der Waals surface area (Å²) in [5, 5.41) is 10.0. The maximum atomic E-state index is 9.11. The Morgan fingerprint density at radius 3 is 3.00 bits per heavy atom. The average molecular weight is 261 g/mol. The van der Waals surface area contributed by atoms with Crippen molar-refractivity contribution < 1.29 is 9.84 Å². The van der Waals surface area contributed by atoms with Crippen LogP contribution in [0, 0.1) is 0 Å². The molecule has 1 N–H and O–H groups in total. The molecule has 3 rings (SSSR count). The number of ether oxygens (including phenoxy) is 1. The molecule has 0 saturated carbocycles. The van der Waals surface area contributed by atoms with Crippen LogP contribution >= 0.6 is 11.3 Å².